The predicted molar refractivity (Wildman–Crippen MR) is 65.4 cm³/mol. The van der Waals surface area contributed by atoms with Gasteiger partial charge < -0.3 is 15.5 Å². The quantitative estimate of drug-likeness (QED) is 0.818. The van der Waals surface area contributed by atoms with Crippen molar-refractivity contribution in [2.75, 3.05) is 5.73 Å². The van der Waals surface area contributed by atoms with Crippen LogP contribution in [-0.4, -0.2) is 5.91 Å². The summed E-state index contributed by atoms with van der Waals surface area (Å²) in [6.45, 7) is 2.05. The standard InChI is InChI=1S/C13H13FN2O2/c1-8-5-6-9(18-8)7-16-13(17)10-3-2-4-11(14)12(10)15/h2-6H,7,15H2,1H3,(H,16,17). The van der Waals surface area contributed by atoms with Crippen LogP contribution in [0.15, 0.2) is 34.7 Å². The summed E-state index contributed by atoms with van der Waals surface area (Å²) in [5.41, 5.74) is 5.47. The first-order valence-electron chi connectivity index (χ1n) is 5.45. The van der Waals surface area contributed by atoms with Gasteiger partial charge >= 0.3 is 0 Å². The van der Waals surface area contributed by atoms with Crippen LogP contribution < -0.4 is 11.1 Å². The SMILES string of the molecule is Cc1ccc(CNC(=O)c2cccc(F)c2N)o1. The highest BCUT2D eigenvalue weighted by Crippen LogP contribution is 2.15. The Hall–Kier alpha value is -2.30. The molecule has 0 radical (unpaired) electrons. The van der Waals surface area contributed by atoms with Crippen LogP contribution >= 0.6 is 0 Å². The zero-order valence-corrected chi connectivity index (χ0v) is 9.87. The topological polar surface area (TPSA) is 68.3 Å². The lowest BCUT2D eigenvalue weighted by Crippen LogP contribution is -2.23. The summed E-state index contributed by atoms with van der Waals surface area (Å²) >= 11 is 0. The summed E-state index contributed by atoms with van der Waals surface area (Å²) in [6.07, 6.45) is 0. The number of rotatable bonds is 3. The molecule has 4 nitrogen and oxygen atoms in total. The van der Waals surface area contributed by atoms with E-state index < -0.39 is 11.7 Å². The Morgan fingerprint density at radius 3 is 2.83 bits per heavy atom. The van der Waals surface area contributed by atoms with E-state index in [0.717, 1.165) is 5.76 Å². The van der Waals surface area contributed by atoms with Gasteiger partial charge in [-0.2, -0.15) is 0 Å². The normalized spacial score (nSPS) is 10.3. The monoisotopic (exact) mass is 248 g/mol. The lowest BCUT2D eigenvalue weighted by atomic mass is 10.1. The molecule has 0 spiro atoms. The molecule has 0 fully saturated rings. The van der Waals surface area contributed by atoms with Crippen molar-refractivity contribution in [1.29, 1.82) is 0 Å². The second-order valence-corrected chi connectivity index (χ2v) is 3.90. The molecule has 1 heterocycles. The summed E-state index contributed by atoms with van der Waals surface area (Å²) in [4.78, 5) is 11.8. The van der Waals surface area contributed by atoms with Gasteiger partial charge in [0.1, 0.15) is 17.3 Å². The molecule has 1 aromatic heterocycles. The molecule has 94 valence electrons. The average Bonchev–Trinajstić information content (AvgIpc) is 2.76. The van der Waals surface area contributed by atoms with Crippen molar-refractivity contribution in [2.24, 2.45) is 0 Å². The van der Waals surface area contributed by atoms with Crippen molar-refractivity contribution in [3.05, 3.63) is 53.2 Å². The zero-order valence-electron chi connectivity index (χ0n) is 9.87. The number of hydrogen-bond donors (Lipinski definition) is 2. The van der Waals surface area contributed by atoms with Gasteiger partial charge in [0.15, 0.2) is 0 Å². The summed E-state index contributed by atoms with van der Waals surface area (Å²) < 4.78 is 18.5. The average molecular weight is 248 g/mol. The molecule has 0 saturated heterocycles. The highest BCUT2D eigenvalue weighted by Gasteiger charge is 2.12. The molecule has 0 aliphatic heterocycles. The Balaban J connectivity index is 2.06. The summed E-state index contributed by atoms with van der Waals surface area (Å²) in [5.74, 6) is 0.373. The predicted octanol–water partition coefficient (Wildman–Crippen LogP) is 2.24. The largest absolute Gasteiger partial charge is 0.465 e. The van der Waals surface area contributed by atoms with E-state index >= 15 is 0 Å². The number of nitrogens with two attached hydrogens (primary N) is 1. The molecule has 3 N–H and O–H groups in total. The number of carbonyl (C=O) groups excluding carboxylic acids is 1. The van der Waals surface area contributed by atoms with Gasteiger partial charge in [-0.15, -0.1) is 0 Å². The van der Waals surface area contributed by atoms with Gasteiger partial charge in [-0.3, -0.25) is 4.79 Å². The van der Waals surface area contributed by atoms with Crippen LogP contribution in [0.1, 0.15) is 21.9 Å². The van der Waals surface area contributed by atoms with Crippen LogP contribution in [0.5, 0.6) is 0 Å². The fourth-order valence-electron chi connectivity index (χ4n) is 1.58. The third kappa shape index (κ3) is 2.51. The van der Waals surface area contributed by atoms with E-state index in [-0.39, 0.29) is 17.8 Å². The van der Waals surface area contributed by atoms with Gasteiger partial charge in [0.05, 0.1) is 17.8 Å². The van der Waals surface area contributed by atoms with E-state index in [1.54, 1.807) is 12.1 Å². The Morgan fingerprint density at radius 2 is 2.17 bits per heavy atom. The molecule has 0 bridgehead atoms. The minimum atomic E-state index is -0.600. The maximum absolute atomic E-state index is 13.2. The minimum absolute atomic E-state index is 0.123. The first-order valence-corrected chi connectivity index (χ1v) is 5.45. The van der Waals surface area contributed by atoms with Crippen LogP contribution in [0.4, 0.5) is 10.1 Å². The first-order chi connectivity index (χ1) is 8.58. The maximum Gasteiger partial charge on any atom is 0.253 e. The number of nitrogens with one attached hydrogen (secondary N) is 1. The minimum Gasteiger partial charge on any atom is -0.465 e. The molecule has 0 saturated carbocycles. The van der Waals surface area contributed by atoms with Gasteiger partial charge in [-0.25, -0.2) is 4.39 Å². The molecule has 2 aromatic rings. The van der Waals surface area contributed by atoms with E-state index in [1.807, 2.05) is 6.92 Å². The third-order valence-electron chi connectivity index (χ3n) is 2.52. The lowest BCUT2D eigenvalue weighted by molar-refractivity contribution is 0.0948. The Kier molecular flexibility index (Phi) is 3.32. The van der Waals surface area contributed by atoms with Gasteiger partial charge in [0.2, 0.25) is 0 Å². The number of benzene rings is 1. The summed E-state index contributed by atoms with van der Waals surface area (Å²) in [6, 6.07) is 7.70. The summed E-state index contributed by atoms with van der Waals surface area (Å²) in [5, 5.41) is 2.62. The van der Waals surface area contributed by atoms with Gasteiger partial charge in [-0.05, 0) is 31.2 Å². The van der Waals surface area contributed by atoms with Crippen LogP contribution in [0.2, 0.25) is 0 Å². The number of anilines is 1. The van der Waals surface area contributed by atoms with Crippen molar-refractivity contribution >= 4 is 11.6 Å². The maximum atomic E-state index is 13.2. The highest BCUT2D eigenvalue weighted by molar-refractivity contribution is 5.99. The van der Waals surface area contributed by atoms with Crippen LogP contribution in [0, 0.1) is 12.7 Å². The molecule has 1 aromatic carbocycles. The number of amides is 1. The number of halogens is 1. The molecule has 0 unspecified atom stereocenters. The van der Waals surface area contributed by atoms with Crippen molar-refractivity contribution in [3.63, 3.8) is 0 Å². The van der Waals surface area contributed by atoms with Crippen molar-refractivity contribution in [3.8, 4) is 0 Å². The van der Waals surface area contributed by atoms with E-state index in [9.17, 15) is 9.18 Å². The molecule has 2 rings (SSSR count). The molecule has 0 aliphatic carbocycles. The van der Waals surface area contributed by atoms with Gasteiger partial charge in [-0.1, -0.05) is 6.07 Å². The number of nitrogen functional groups attached to an aromatic ring is 1. The smallest absolute Gasteiger partial charge is 0.253 e. The van der Waals surface area contributed by atoms with Crippen molar-refractivity contribution in [1.82, 2.24) is 5.32 Å². The number of carbonyl (C=O) groups is 1. The molecule has 1 amide bonds. The molecule has 18 heavy (non-hydrogen) atoms. The molecule has 0 aliphatic rings. The lowest BCUT2D eigenvalue weighted by Gasteiger charge is -2.06. The molecule has 5 heteroatoms. The second-order valence-electron chi connectivity index (χ2n) is 3.90. The number of aryl methyl sites for hydroxylation is 1. The molecular formula is C13H13FN2O2. The molecular weight excluding hydrogens is 235 g/mol. The van der Waals surface area contributed by atoms with E-state index in [1.165, 1.54) is 18.2 Å². The Bertz CT molecular complexity index is 578. The molecule has 0 atom stereocenters. The number of hydrogen-bond acceptors (Lipinski definition) is 3. The van der Waals surface area contributed by atoms with E-state index in [2.05, 4.69) is 5.32 Å². The van der Waals surface area contributed by atoms with Crippen LogP contribution in [0.3, 0.4) is 0 Å². The van der Waals surface area contributed by atoms with E-state index in [4.69, 9.17) is 10.2 Å². The van der Waals surface area contributed by atoms with Crippen molar-refractivity contribution in [2.45, 2.75) is 13.5 Å². The van der Waals surface area contributed by atoms with E-state index in [0.29, 0.717) is 5.76 Å². The van der Waals surface area contributed by atoms with Gasteiger partial charge in [0.25, 0.3) is 5.91 Å². The van der Waals surface area contributed by atoms with Gasteiger partial charge in [0, 0.05) is 0 Å². The third-order valence-corrected chi connectivity index (χ3v) is 2.52. The first kappa shape index (κ1) is 12.2. The fraction of sp³-hybridized carbons (Fsp3) is 0.154. The Labute approximate surface area is 104 Å². The summed E-state index contributed by atoms with van der Waals surface area (Å²) in [7, 11) is 0. The van der Waals surface area contributed by atoms with Crippen LogP contribution in [-0.2, 0) is 6.54 Å². The zero-order chi connectivity index (χ0) is 13.1. The Morgan fingerprint density at radius 1 is 1.39 bits per heavy atom. The number of furan rings is 1. The van der Waals surface area contributed by atoms with Crippen molar-refractivity contribution < 1.29 is 13.6 Å². The highest BCUT2D eigenvalue weighted by atomic mass is 19.1. The number of para-hydroxylation sites is 1. The van der Waals surface area contributed by atoms with Crippen LogP contribution in [0.25, 0.3) is 0 Å². The second kappa shape index (κ2) is 4.91. The fourth-order valence-corrected chi connectivity index (χ4v) is 1.58.